The highest BCUT2D eigenvalue weighted by Crippen LogP contribution is 2.31. The van der Waals surface area contributed by atoms with E-state index in [-0.39, 0.29) is 18.6 Å². The van der Waals surface area contributed by atoms with E-state index in [1.165, 1.54) is 0 Å². The molecule has 3 nitrogen and oxygen atoms in total. The second-order valence-electron chi connectivity index (χ2n) is 4.89. The monoisotopic (exact) mass is 224 g/mol. The molecular formula is C13H20O3. The van der Waals surface area contributed by atoms with Gasteiger partial charge in [0.25, 0.3) is 0 Å². The van der Waals surface area contributed by atoms with E-state index >= 15 is 0 Å². The van der Waals surface area contributed by atoms with E-state index in [0.29, 0.717) is 5.75 Å². The Hall–Kier alpha value is -1.06. The van der Waals surface area contributed by atoms with Crippen LogP contribution < -0.4 is 4.74 Å². The molecule has 2 N–H and O–H groups in total. The van der Waals surface area contributed by atoms with Gasteiger partial charge in [0, 0.05) is 11.1 Å². The summed E-state index contributed by atoms with van der Waals surface area (Å²) in [4.78, 5) is 0. The van der Waals surface area contributed by atoms with Crippen LogP contribution in [0.25, 0.3) is 0 Å². The van der Waals surface area contributed by atoms with Crippen molar-refractivity contribution >= 4 is 0 Å². The van der Waals surface area contributed by atoms with Crippen LogP contribution in [0.15, 0.2) is 12.1 Å². The predicted octanol–water partition coefficient (Wildman–Crippen LogP) is 1.98. The molecule has 0 fully saturated rings. The molecule has 0 spiro atoms. The van der Waals surface area contributed by atoms with Gasteiger partial charge in [0.2, 0.25) is 0 Å². The second kappa shape index (κ2) is 4.85. The second-order valence-corrected chi connectivity index (χ2v) is 4.89. The van der Waals surface area contributed by atoms with Crippen molar-refractivity contribution in [1.82, 2.24) is 0 Å². The zero-order valence-electron chi connectivity index (χ0n) is 10.4. The summed E-state index contributed by atoms with van der Waals surface area (Å²) in [6.07, 6.45) is 0. The van der Waals surface area contributed by atoms with E-state index in [9.17, 15) is 10.2 Å². The number of hydrogen-bond donors (Lipinski definition) is 2. The number of hydrogen-bond acceptors (Lipinski definition) is 3. The third-order valence-corrected chi connectivity index (χ3v) is 2.65. The van der Waals surface area contributed by atoms with Crippen molar-refractivity contribution in [1.29, 1.82) is 0 Å². The summed E-state index contributed by atoms with van der Waals surface area (Å²) in [6, 6.07) is 3.86. The van der Waals surface area contributed by atoms with E-state index in [4.69, 9.17) is 4.74 Å². The van der Waals surface area contributed by atoms with E-state index in [2.05, 4.69) is 20.8 Å². The number of benzene rings is 1. The molecule has 1 rings (SSSR count). The first-order valence-electron chi connectivity index (χ1n) is 5.36. The topological polar surface area (TPSA) is 49.7 Å². The molecule has 0 amide bonds. The largest absolute Gasteiger partial charge is 0.496 e. The van der Waals surface area contributed by atoms with Crippen molar-refractivity contribution in [2.24, 2.45) is 0 Å². The first kappa shape index (κ1) is 13.0. The Morgan fingerprint density at radius 1 is 1.06 bits per heavy atom. The summed E-state index contributed by atoms with van der Waals surface area (Å²) in [5.41, 5.74) is 2.51. The van der Waals surface area contributed by atoms with E-state index < -0.39 is 0 Å². The maximum absolute atomic E-state index is 9.30. The molecule has 0 atom stereocenters. The normalized spacial score (nSPS) is 11.6. The third-order valence-electron chi connectivity index (χ3n) is 2.65. The molecule has 1 aromatic carbocycles. The number of aliphatic hydroxyl groups excluding tert-OH is 2. The maximum atomic E-state index is 9.30. The Labute approximate surface area is 96.7 Å². The van der Waals surface area contributed by atoms with Crippen LogP contribution in [-0.2, 0) is 18.6 Å². The standard InChI is InChI=1S/C13H20O3/c1-13(2,3)11-5-9(7-14)12(16-4)10(6-11)8-15/h5-6,14-15H,7-8H2,1-4H3. The molecule has 0 saturated heterocycles. The molecule has 0 aliphatic heterocycles. The van der Waals surface area contributed by atoms with Gasteiger partial charge in [0.1, 0.15) is 5.75 Å². The molecule has 1 aromatic rings. The molecule has 16 heavy (non-hydrogen) atoms. The molecule has 3 heteroatoms. The fourth-order valence-electron chi connectivity index (χ4n) is 1.68. The van der Waals surface area contributed by atoms with Crippen molar-refractivity contribution in [2.45, 2.75) is 39.4 Å². The van der Waals surface area contributed by atoms with Crippen LogP contribution in [-0.4, -0.2) is 17.3 Å². The molecule has 0 heterocycles. The van der Waals surface area contributed by atoms with Crippen LogP contribution in [0.5, 0.6) is 5.75 Å². The predicted molar refractivity (Wildman–Crippen MR) is 63.5 cm³/mol. The highest BCUT2D eigenvalue weighted by molar-refractivity contribution is 5.46. The van der Waals surface area contributed by atoms with Crippen molar-refractivity contribution in [3.8, 4) is 5.75 Å². The number of aliphatic hydroxyl groups is 2. The molecule has 0 saturated carbocycles. The average Bonchev–Trinajstić information content (AvgIpc) is 2.25. The minimum atomic E-state index is -0.0832. The lowest BCUT2D eigenvalue weighted by molar-refractivity contribution is 0.260. The van der Waals surface area contributed by atoms with Crippen LogP contribution >= 0.6 is 0 Å². The quantitative estimate of drug-likeness (QED) is 0.825. The van der Waals surface area contributed by atoms with Gasteiger partial charge in [0.05, 0.1) is 20.3 Å². The van der Waals surface area contributed by atoms with Gasteiger partial charge in [0.15, 0.2) is 0 Å². The van der Waals surface area contributed by atoms with Gasteiger partial charge < -0.3 is 14.9 Å². The molecule has 0 aliphatic rings. The zero-order valence-corrected chi connectivity index (χ0v) is 10.4. The summed E-state index contributed by atoms with van der Waals surface area (Å²) in [5, 5.41) is 18.6. The van der Waals surface area contributed by atoms with Crippen molar-refractivity contribution in [3.63, 3.8) is 0 Å². The molecule has 0 aromatic heterocycles. The van der Waals surface area contributed by atoms with E-state index in [1.807, 2.05) is 12.1 Å². The fraction of sp³-hybridized carbons (Fsp3) is 0.538. The van der Waals surface area contributed by atoms with Gasteiger partial charge in [-0.25, -0.2) is 0 Å². The minimum Gasteiger partial charge on any atom is -0.496 e. The summed E-state index contributed by atoms with van der Waals surface area (Å²) in [5.74, 6) is 0.581. The van der Waals surface area contributed by atoms with Crippen LogP contribution in [0, 0.1) is 0 Å². The van der Waals surface area contributed by atoms with Gasteiger partial charge in [-0.1, -0.05) is 20.8 Å². The first-order valence-corrected chi connectivity index (χ1v) is 5.36. The van der Waals surface area contributed by atoms with E-state index in [1.54, 1.807) is 7.11 Å². The SMILES string of the molecule is COc1c(CO)cc(C(C)(C)C)cc1CO. The summed E-state index contributed by atoms with van der Waals surface area (Å²) >= 11 is 0. The van der Waals surface area contributed by atoms with E-state index in [0.717, 1.165) is 16.7 Å². The smallest absolute Gasteiger partial charge is 0.129 e. The summed E-state index contributed by atoms with van der Waals surface area (Å²) in [6.45, 7) is 6.12. The summed E-state index contributed by atoms with van der Waals surface area (Å²) in [7, 11) is 1.55. The molecule has 0 unspecified atom stereocenters. The molecule has 90 valence electrons. The average molecular weight is 224 g/mol. The maximum Gasteiger partial charge on any atom is 0.129 e. The highest BCUT2D eigenvalue weighted by Gasteiger charge is 2.18. The van der Waals surface area contributed by atoms with Crippen LogP contribution in [0.4, 0.5) is 0 Å². The molecule has 0 aliphatic carbocycles. The number of rotatable bonds is 3. The van der Waals surface area contributed by atoms with Gasteiger partial charge in [-0.3, -0.25) is 0 Å². The van der Waals surface area contributed by atoms with Crippen molar-refractivity contribution in [3.05, 3.63) is 28.8 Å². The highest BCUT2D eigenvalue weighted by atomic mass is 16.5. The third kappa shape index (κ3) is 2.54. The number of ether oxygens (including phenoxy) is 1. The molecule has 0 radical (unpaired) electrons. The lowest BCUT2D eigenvalue weighted by atomic mass is 9.85. The molecule has 0 bridgehead atoms. The molecular weight excluding hydrogens is 204 g/mol. The van der Waals surface area contributed by atoms with Gasteiger partial charge in [-0.2, -0.15) is 0 Å². The Kier molecular flexibility index (Phi) is 3.94. The van der Waals surface area contributed by atoms with Crippen molar-refractivity contribution in [2.75, 3.05) is 7.11 Å². The Bertz CT molecular complexity index is 339. The Morgan fingerprint density at radius 3 is 1.75 bits per heavy atom. The Morgan fingerprint density at radius 2 is 1.50 bits per heavy atom. The Balaban J connectivity index is 3.37. The zero-order chi connectivity index (χ0) is 12.3. The van der Waals surface area contributed by atoms with Gasteiger partial charge >= 0.3 is 0 Å². The van der Waals surface area contributed by atoms with Crippen molar-refractivity contribution < 1.29 is 14.9 Å². The number of methoxy groups -OCH3 is 1. The lowest BCUT2D eigenvalue weighted by Gasteiger charge is -2.22. The first-order chi connectivity index (χ1) is 7.43. The van der Waals surface area contributed by atoms with Crippen LogP contribution in [0.1, 0.15) is 37.5 Å². The lowest BCUT2D eigenvalue weighted by Crippen LogP contribution is -2.13. The summed E-state index contributed by atoms with van der Waals surface area (Å²) < 4.78 is 5.21. The van der Waals surface area contributed by atoms with Gasteiger partial charge in [-0.15, -0.1) is 0 Å². The van der Waals surface area contributed by atoms with Crippen LogP contribution in [0.2, 0.25) is 0 Å². The minimum absolute atomic E-state index is 0.0138. The van der Waals surface area contributed by atoms with Gasteiger partial charge in [-0.05, 0) is 23.1 Å². The van der Waals surface area contributed by atoms with Crippen LogP contribution in [0.3, 0.4) is 0 Å². The fourth-order valence-corrected chi connectivity index (χ4v) is 1.68.